The van der Waals surface area contributed by atoms with Crippen LogP contribution in [0.15, 0.2) is 33.8 Å². The first-order valence-electron chi connectivity index (χ1n) is 5.96. The maximum absolute atomic E-state index is 12.4. The summed E-state index contributed by atoms with van der Waals surface area (Å²) >= 11 is 3.39. The lowest BCUT2D eigenvalue weighted by atomic mass is 10.3. The van der Waals surface area contributed by atoms with E-state index < -0.39 is 0 Å². The van der Waals surface area contributed by atoms with Crippen molar-refractivity contribution in [2.24, 2.45) is 5.16 Å². The Labute approximate surface area is 137 Å². The molecule has 0 amide bonds. The summed E-state index contributed by atoms with van der Waals surface area (Å²) in [6, 6.07) is 7.68. The van der Waals surface area contributed by atoms with E-state index in [0.717, 1.165) is 33.5 Å². The topological polar surface area (TPSA) is 103 Å². The zero-order valence-corrected chi connectivity index (χ0v) is 13.7. The van der Waals surface area contributed by atoms with Crippen LogP contribution in [0.2, 0.25) is 0 Å². The first kappa shape index (κ1) is 14.9. The van der Waals surface area contributed by atoms with Gasteiger partial charge in [-0.15, -0.1) is 11.3 Å². The molecule has 0 aliphatic rings. The minimum atomic E-state index is -0.348. The highest BCUT2D eigenvalue weighted by Crippen LogP contribution is 2.30. The van der Waals surface area contributed by atoms with E-state index in [9.17, 15) is 4.79 Å². The van der Waals surface area contributed by atoms with Gasteiger partial charge in [0.2, 0.25) is 11.5 Å². The van der Waals surface area contributed by atoms with Crippen LogP contribution < -0.4 is 5.73 Å². The smallest absolute Gasteiger partial charge is 0.252 e. The summed E-state index contributed by atoms with van der Waals surface area (Å²) in [6.07, 6.45) is 0. The number of oxime groups is 1. The fourth-order valence-electron chi connectivity index (χ4n) is 1.61. The molecular weight excluding hydrogens is 342 g/mol. The van der Waals surface area contributed by atoms with Crippen molar-refractivity contribution in [3.8, 4) is 0 Å². The highest BCUT2D eigenvalue weighted by molar-refractivity contribution is 8.16. The number of benzene rings is 1. The third-order valence-electron chi connectivity index (χ3n) is 2.48. The quantitative estimate of drug-likeness (QED) is 0.437. The molecule has 0 unspecified atom stereocenters. The van der Waals surface area contributed by atoms with E-state index in [1.54, 1.807) is 0 Å². The van der Waals surface area contributed by atoms with Crippen molar-refractivity contribution in [2.75, 3.05) is 12.8 Å². The van der Waals surface area contributed by atoms with E-state index >= 15 is 0 Å². The van der Waals surface area contributed by atoms with Gasteiger partial charge >= 0.3 is 0 Å². The lowest BCUT2D eigenvalue weighted by Crippen LogP contribution is -2.14. The molecule has 1 aromatic carbocycles. The third-order valence-corrected chi connectivity index (χ3v) is 5.00. The Hall–Kier alpha value is -2.04. The number of anilines is 1. The fourth-order valence-corrected chi connectivity index (χ4v) is 3.94. The van der Waals surface area contributed by atoms with Crippen LogP contribution in [0.4, 0.5) is 5.13 Å². The van der Waals surface area contributed by atoms with Gasteiger partial charge in [0.1, 0.15) is 7.11 Å². The summed E-state index contributed by atoms with van der Waals surface area (Å²) in [6.45, 7) is 0. The maximum atomic E-state index is 12.4. The van der Waals surface area contributed by atoms with E-state index in [4.69, 9.17) is 10.6 Å². The van der Waals surface area contributed by atoms with Crippen LogP contribution in [0.3, 0.4) is 0 Å². The molecule has 3 aromatic rings. The summed E-state index contributed by atoms with van der Waals surface area (Å²) in [5, 5.41) is 3.62. The second-order valence-corrected chi connectivity index (χ2v) is 6.95. The number of para-hydroxylation sites is 1. The molecule has 2 aromatic heterocycles. The SMILES string of the molecule is CO/N=C(\C(=O)Sc1nc2ccccc2s1)c1nsc(N)n1. The Balaban J connectivity index is 1.86. The molecule has 7 nitrogen and oxygen atoms in total. The number of hydrogen-bond donors (Lipinski definition) is 1. The molecule has 3 rings (SSSR count). The average Bonchev–Trinajstić information content (AvgIpc) is 3.10. The monoisotopic (exact) mass is 351 g/mol. The predicted octanol–water partition coefficient (Wildman–Crippen LogP) is 2.40. The fraction of sp³-hybridized carbons (Fsp3) is 0.0833. The van der Waals surface area contributed by atoms with Gasteiger partial charge in [0.05, 0.1) is 10.2 Å². The van der Waals surface area contributed by atoms with Crippen molar-refractivity contribution in [3.63, 3.8) is 0 Å². The Morgan fingerprint density at radius 3 is 2.86 bits per heavy atom. The minimum Gasteiger partial charge on any atom is -0.398 e. The molecule has 0 saturated carbocycles. The summed E-state index contributed by atoms with van der Waals surface area (Å²) < 4.78 is 5.62. The van der Waals surface area contributed by atoms with Gasteiger partial charge in [-0.05, 0) is 23.9 Å². The van der Waals surface area contributed by atoms with E-state index in [0.29, 0.717) is 4.34 Å². The summed E-state index contributed by atoms with van der Waals surface area (Å²) in [5.41, 5.74) is 6.40. The molecule has 0 bridgehead atoms. The Morgan fingerprint density at radius 1 is 1.36 bits per heavy atom. The van der Waals surface area contributed by atoms with Gasteiger partial charge in [0.25, 0.3) is 5.12 Å². The predicted molar refractivity (Wildman–Crippen MR) is 88.4 cm³/mol. The molecule has 0 aliphatic heterocycles. The van der Waals surface area contributed by atoms with Gasteiger partial charge in [-0.2, -0.15) is 9.36 Å². The lowest BCUT2D eigenvalue weighted by Gasteiger charge is -1.98. The second kappa shape index (κ2) is 6.38. The standard InChI is InChI=1S/C12H9N5O2S3/c1-19-16-8(9-15-11(13)22-17-9)10(18)21-12-14-6-4-2-3-5-7(6)20-12/h2-5H,1H3,(H2,13,15,17)/b16-8-. The molecule has 22 heavy (non-hydrogen) atoms. The molecule has 2 heterocycles. The molecule has 0 aliphatic carbocycles. The number of nitrogens with two attached hydrogens (primary N) is 1. The lowest BCUT2D eigenvalue weighted by molar-refractivity contribution is -0.105. The zero-order valence-electron chi connectivity index (χ0n) is 11.2. The Kier molecular flexibility index (Phi) is 4.32. The van der Waals surface area contributed by atoms with Crippen LogP contribution in [0, 0.1) is 0 Å². The van der Waals surface area contributed by atoms with Gasteiger partial charge in [-0.3, -0.25) is 4.79 Å². The van der Waals surface area contributed by atoms with Crippen molar-refractivity contribution < 1.29 is 9.63 Å². The van der Waals surface area contributed by atoms with Crippen LogP contribution in [-0.4, -0.2) is 32.3 Å². The highest BCUT2D eigenvalue weighted by atomic mass is 32.2. The molecule has 0 saturated heterocycles. The van der Waals surface area contributed by atoms with E-state index in [1.807, 2.05) is 24.3 Å². The summed E-state index contributed by atoms with van der Waals surface area (Å²) in [4.78, 5) is 25.5. The number of thiazole rings is 1. The van der Waals surface area contributed by atoms with Gasteiger partial charge in [0.15, 0.2) is 9.47 Å². The molecule has 0 radical (unpaired) electrons. The molecular formula is C12H9N5O2S3. The number of rotatable bonds is 4. The zero-order chi connectivity index (χ0) is 15.5. The van der Waals surface area contributed by atoms with E-state index in [2.05, 4.69) is 19.5 Å². The van der Waals surface area contributed by atoms with E-state index in [1.165, 1.54) is 18.4 Å². The van der Waals surface area contributed by atoms with Crippen LogP contribution in [-0.2, 0) is 9.63 Å². The van der Waals surface area contributed by atoms with Gasteiger partial charge in [-0.25, -0.2) is 4.98 Å². The second-order valence-electron chi connectivity index (χ2n) is 3.92. The molecule has 0 fully saturated rings. The van der Waals surface area contributed by atoms with Gasteiger partial charge in [0, 0.05) is 11.5 Å². The molecule has 112 valence electrons. The maximum Gasteiger partial charge on any atom is 0.252 e. The number of nitrogens with zero attached hydrogens (tertiary/aromatic N) is 4. The van der Waals surface area contributed by atoms with Crippen molar-refractivity contribution in [3.05, 3.63) is 30.1 Å². The van der Waals surface area contributed by atoms with E-state index in [-0.39, 0.29) is 21.8 Å². The number of fused-ring (bicyclic) bond motifs is 1. The third kappa shape index (κ3) is 3.08. The number of thioether (sulfide) groups is 1. The molecule has 0 spiro atoms. The van der Waals surface area contributed by atoms with Crippen molar-refractivity contribution >= 4 is 60.8 Å². The first-order valence-corrected chi connectivity index (χ1v) is 8.36. The molecule has 0 atom stereocenters. The highest BCUT2D eigenvalue weighted by Gasteiger charge is 2.22. The van der Waals surface area contributed by atoms with Crippen LogP contribution in [0.25, 0.3) is 10.2 Å². The molecule has 2 N–H and O–H groups in total. The number of carbonyl (C=O) groups excluding carboxylic acids is 1. The summed E-state index contributed by atoms with van der Waals surface area (Å²) in [5.74, 6) is 0.156. The van der Waals surface area contributed by atoms with Gasteiger partial charge < -0.3 is 10.6 Å². The number of carbonyl (C=O) groups is 1. The normalized spacial score (nSPS) is 11.8. The summed E-state index contributed by atoms with van der Waals surface area (Å²) in [7, 11) is 1.35. The number of nitrogen functional groups attached to an aromatic ring is 1. The van der Waals surface area contributed by atoms with Crippen LogP contribution in [0.5, 0.6) is 0 Å². The Morgan fingerprint density at radius 2 is 2.18 bits per heavy atom. The van der Waals surface area contributed by atoms with Crippen molar-refractivity contribution in [1.82, 2.24) is 14.3 Å². The van der Waals surface area contributed by atoms with Crippen molar-refractivity contribution in [1.29, 1.82) is 0 Å². The average molecular weight is 351 g/mol. The van der Waals surface area contributed by atoms with Crippen molar-refractivity contribution in [2.45, 2.75) is 4.34 Å². The molecule has 10 heteroatoms. The number of aromatic nitrogens is 3. The minimum absolute atomic E-state index is 0.0136. The Bertz CT molecular complexity index is 824. The van der Waals surface area contributed by atoms with Gasteiger partial charge in [-0.1, -0.05) is 17.3 Å². The number of hydrogen-bond acceptors (Lipinski definition) is 10. The first-order chi connectivity index (χ1) is 10.7. The largest absolute Gasteiger partial charge is 0.398 e. The van der Waals surface area contributed by atoms with Crippen LogP contribution in [0.1, 0.15) is 5.82 Å². The van der Waals surface area contributed by atoms with Crippen LogP contribution >= 0.6 is 34.6 Å².